The molecule has 1 aromatic heterocycles. The highest BCUT2D eigenvalue weighted by atomic mass is 31.2. The van der Waals surface area contributed by atoms with Gasteiger partial charge in [0.15, 0.2) is 11.3 Å². The number of phosphoric ester groups is 1. The molecule has 2 bridgehead atoms. The number of fused-ring (bicyclic) bond motifs is 5. The van der Waals surface area contributed by atoms with Gasteiger partial charge in [-0.15, -0.1) is 0 Å². The zero-order chi connectivity index (χ0) is 34.1. The second-order valence-corrected chi connectivity index (χ2v) is 12.8. The van der Waals surface area contributed by atoms with Crippen molar-refractivity contribution in [3.8, 4) is 5.75 Å². The predicted octanol–water partition coefficient (Wildman–Crippen LogP) is 3.28. The van der Waals surface area contributed by atoms with Gasteiger partial charge in [-0.2, -0.15) is 0 Å². The van der Waals surface area contributed by atoms with Crippen LogP contribution in [0.2, 0.25) is 0 Å². The van der Waals surface area contributed by atoms with E-state index in [2.05, 4.69) is 15.0 Å². The summed E-state index contributed by atoms with van der Waals surface area (Å²) >= 11 is 0. The van der Waals surface area contributed by atoms with Crippen LogP contribution in [0.1, 0.15) is 82.7 Å². The lowest BCUT2D eigenvalue weighted by Crippen LogP contribution is -2.52. The fourth-order valence-corrected chi connectivity index (χ4v) is 6.34. The van der Waals surface area contributed by atoms with Crippen LogP contribution < -0.4 is 15.5 Å². The molecule has 0 saturated carbocycles. The summed E-state index contributed by atoms with van der Waals surface area (Å²) in [6, 6.07) is 1.94. The topological polar surface area (TPSA) is 195 Å². The summed E-state index contributed by atoms with van der Waals surface area (Å²) in [5, 5.41) is 6.61. The third kappa shape index (κ3) is 7.38. The highest BCUT2D eigenvalue weighted by molar-refractivity contribution is 7.46. The van der Waals surface area contributed by atoms with E-state index in [1.165, 1.54) is 10.8 Å². The van der Waals surface area contributed by atoms with Gasteiger partial charge in [0.25, 0.3) is 11.8 Å². The van der Waals surface area contributed by atoms with Gasteiger partial charge in [0.05, 0.1) is 18.4 Å². The van der Waals surface area contributed by atoms with Gasteiger partial charge >= 0.3 is 13.8 Å². The van der Waals surface area contributed by atoms with Gasteiger partial charge < -0.3 is 38.9 Å². The lowest BCUT2D eigenvalue weighted by Gasteiger charge is -2.42. The van der Waals surface area contributed by atoms with E-state index < -0.39 is 79.0 Å². The highest BCUT2D eigenvalue weighted by Gasteiger charge is 2.54. The average molecular weight is 689 g/mol. The van der Waals surface area contributed by atoms with Crippen LogP contribution in [0.25, 0.3) is 0 Å². The number of nitrogens with one attached hydrogen (secondary N) is 1. The molecule has 47 heavy (non-hydrogen) atoms. The number of phosphoric acid groups is 1. The predicted molar refractivity (Wildman–Crippen MR) is 164 cm³/mol. The molecule has 5 rings (SSSR count). The smallest absolute Gasteiger partial charge is 0.451 e. The maximum atomic E-state index is 14.3. The Morgan fingerprint density at radius 1 is 1.28 bits per heavy atom. The first-order valence-corrected chi connectivity index (χ1v) is 16.2. The van der Waals surface area contributed by atoms with Gasteiger partial charge in [-0.05, 0) is 39.2 Å². The van der Waals surface area contributed by atoms with Crippen molar-refractivity contribution in [3.63, 3.8) is 0 Å². The molecule has 18 heteroatoms. The normalized spacial score (nSPS) is 21.9. The number of ether oxygens (including phenoxy) is 2. The number of amides is 2. The van der Waals surface area contributed by atoms with Crippen molar-refractivity contribution in [3.05, 3.63) is 63.1 Å². The first-order valence-electron chi connectivity index (χ1n) is 14.7. The van der Waals surface area contributed by atoms with Crippen LogP contribution >= 0.6 is 7.82 Å². The standard InChI is InChI=1S/C29H33F2N4O11P.3H2/c1-16-11-29(46-33-16)8-7-17(2)34-14-22(29)35-13-20(27(38)32-12-18-5-6-19(30)10-21(18)31)25(37)26(24(35)28(34)39)44-15-43-23(36)4-3-9-45-47(40,41)42;;;/h5-6,10,13,17,22H,3-4,7-9,11-12,14-15H2,1-2H3,(H,32,38)(H2,40,41,42);3*1H/t17-,22+,29-;;;/m0.../s1. The summed E-state index contributed by atoms with van der Waals surface area (Å²) in [7, 11) is -4.71. The number of nitrogens with zero attached hydrogens (tertiary/aromatic N) is 3. The van der Waals surface area contributed by atoms with E-state index in [1.54, 1.807) is 11.8 Å². The van der Waals surface area contributed by atoms with Gasteiger partial charge in [0, 0.05) is 54.1 Å². The average Bonchev–Trinajstić information content (AvgIpc) is 3.33. The quantitative estimate of drug-likeness (QED) is 0.136. The molecule has 2 aromatic rings. The monoisotopic (exact) mass is 688 g/mol. The number of carbonyl (C=O) groups is 3. The largest absolute Gasteiger partial charge is 0.469 e. The third-order valence-corrected chi connectivity index (χ3v) is 8.85. The minimum Gasteiger partial charge on any atom is -0.451 e. The van der Waals surface area contributed by atoms with Crippen molar-refractivity contribution in [2.45, 2.75) is 70.2 Å². The van der Waals surface area contributed by atoms with Crippen LogP contribution in [0.15, 0.2) is 34.3 Å². The number of carbonyl (C=O) groups excluding carboxylic acids is 3. The number of halogens is 2. The number of hydrogen-bond acceptors (Lipinski definition) is 10. The van der Waals surface area contributed by atoms with Crippen molar-refractivity contribution in [1.82, 2.24) is 14.8 Å². The van der Waals surface area contributed by atoms with Gasteiger partial charge in [-0.3, -0.25) is 23.7 Å². The molecule has 1 aromatic carbocycles. The Kier molecular flexibility index (Phi) is 9.82. The molecule has 3 aliphatic heterocycles. The molecule has 15 nitrogen and oxygen atoms in total. The van der Waals surface area contributed by atoms with Gasteiger partial charge in [-0.1, -0.05) is 11.2 Å². The Labute approximate surface area is 271 Å². The molecule has 2 amide bonds. The molecule has 1 spiro atoms. The van der Waals surface area contributed by atoms with E-state index in [0.717, 1.165) is 17.8 Å². The first-order chi connectivity index (χ1) is 22.2. The van der Waals surface area contributed by atoms with Crippen LogP contribution in [0, 0.1) is 11.6 Å². The number of aromatic nitrogens is 1. The fourth-order valence-electron chi connectivity index (χ4n) is 5.97. The second-order valence-electron chi connectivity index (χ2n) is 11.6. The molecule has 0 radical (unpaired) electrons. The van der Waals surface area contributed by atoms with E-state index in [4.69, 9.17) is 24.1 Å². The summed E-state index contributed by atoms with van der Waals surface area (Å²) in [5.74, 6) is -4.63. The van der Waals surface area contributed by atoms with Crippen LogP contribution in [-0.2, 0) is 30.0 Å². The number of hydrogen-bond donors (Lipinski definition) is 3. The summed E-state index contributed by atoms with van der Waals surface area (Å²) in [5.41, 5.74) is -1.90. The minimum absolute atomic E-state index is 0. The van der Waals surface area contributed by atoms with E-state index in [0.29, 0.717) is 25.3 Å². The number of benzene rings is 1. The first kappa shape index (κ1) is 34.2. The lowest BCUT2D eigenvalue weighted by molar-refractivity contribution is -0.150. The Morgan fingerprint density at radius 3 is 2.72 bits per heavy atom. The molecule has 4 heterocycles. The summed E-state index contributed by atoms with van der Waals surface area (Å²) in [6.45, 7) is 2.18. The molecule has 3 aliphatic rings. The fraction of sp³-hybridized carbons (Fsp3) is 0.483. The SMILES string of the molecule is CC1=NO[C@@]2(CC[C@H](C)N3C[C@H]2n2cc(C(=O)NCc4ccc(F)cc4F)c(=O)c(OCOC(=O)CCCOP(=O)(O)O)c2C3=O)C1.[HH].[HH].[HH]. The molecule has 1 saturated heterocycles. The summed E-state index contributed by atoms with van der Waals surface area (Å²) < 4.78 is 54.8. The van der Waals surface area contributed by atoms with Crippen molar-refractivity contribution < 1.29 is 60.6 Å². The maximum Gasteiger partial charge on any atom is 0.469 e. The van der Waals surface area contributed by atoms with Crippen LogP contribution in [0.3, 0.4) is 0 Å². The van der Waals surface area contributed by atoms with E-state index in [-0.39, 0.29) is 47.5 Å². The van der Waals surface area contributed by atoms with Crippen molar-refractivity contribution in [1.29, 1.82) is 0 Å². The summed E-state index contributed by atoms with van der Waals surface area (Å²) in [4.78, 5) is 78.4. The molecule has 260 valence electrons. The van der Waals surface area contributed by atoms with Crippen LogP contribution in [0.5, 0.6) is 5.75 Å². The molecule has 3 atom stereocenters. The van der Waals surface area contributed by atoms with Crippen molar-refractivity contribution >= 4 is 31.3 Å². The number of oxime groups is 1. The number of pyridine rings is 1. The highest BCUT2D eigenvalue weighted by Crippen LogP contribution is 2.46. The van der Waals surface area contributed by atoms with Crippen molar-refractivity contribution in [2.24, 2.45) is 5.16 Å². The van der Waals surface area contributed by atoms with E-state index in [1.807, 2.05) is 6.92 Å². The van der Waals surface area contributed by atoms with Gasteiger partial charge in [-0.25, -0.2) is 13.3 Å². The Bertz CT molecular complexity index is 1740. The van der Waals surface area contributed by atoms with Crippen molar-refractivity contribution in [2.75, 3.05) is 19.9 Å². The Morgan fingerprint density at radius 2 is 2.04 bits per heavy atom. The molecule has 0 aliphatic carbocycles. The van der Waals surface area contributed by atoms with E-state index >= 15 is 0 Å². The van der Waals surface area contributed by atoms with Gasteiger partial charge in [0.1, 0.15) is 17.2 Å². The third-order valence-electron chi connectivity index (χ3n) is 8.33. The summed E-state index contributed by atoms with van der Waals surface area (Å²) in [6.07, 6.45) is 2.29. The number of rotatable bonds is 11. The molecule has 3 N–H and O–H groups in total. The Balaban J connectivity index is 0.00000289. The van der Waals surface area contributed by atoms with Gasteiger partial charge in [0.2, 0.25) is 18.0 Å². The molecule has 0 unspecified atom stereocenters. The molecular weight excluding hydrogens is 649 g/mol. The molecular formula is C29H39F2N4O11P. The second kappa shape index (κ2) is 13.5. The van der Waals surface area contributed by atoms with Crippen LogP contribution in [-0.4, -0.2) is 74.3 Å². The molecule has 1 fully saturated rings. The lowest BCUT2D eigenvalue weighted by atomic mass is 9.84. The van der Waals surface area contributed by atoms with E-state index in [9.17, 15) is 32.5 Å². The maximum absolute atomic E-state index is 14.3. The minimum atomic E-state index is -4.71. The number of esters is 1. The zero-order valence-corrected chi connectivity index (χ0v) is 26.3. The Hall–Kier alpha value is -4.18. The zero-order valence-electron chi connectivity index (χ0n) is 25.4. The van der Waals surface area contributed by atoms with Crippen LogP contribution in [0.4, 0.5) is 8.78 Å².